The van der Waals surface area contributed by atoms with E-state index in [1.165, 1.54) is 5.56 Å². The lowest BCUT2D eigenvalue weighted by Crippen LogP contribution is -2.47. The van der Waals surface area contributed by atoms with Crippen molar-refractivity contribution in [2.75, 3.05) is 6.54 Å². The summed E-state index contributed by atoms with van der Waals surface area (Å²) in [6.07, 6.45) is 4.68. The fourth-order valence-electron chi connectivity index (χ4n) is 2.98. The summed E-state index contributed by atoms with van der Waals surface area (Å²) < 4.78 is 2.03. The summed E-state index contributed by atoms with van der Waals surface area (Å²) in [6.45, 7) is 8.46. The number of hydrogen-bond acceptors (Lipinski definition) is 4. The number of halogens is 1. The van der Waals surface area contributed by atoms with Gasteiger partial charge in [-0.05, 0) is 31.9 Å². The summed E-state index contributed by atoms with van der Waals surface area (Å²) in [5.74, 6) is 2.86. The third kappa shape index (κ3) is 5.15. The van der Waals surface area contributed by atoms with Crippen LogP contribution in [0.1, 0.15) is 43.2 Å². The molecule has 1 atom stereocenters. The van der Waals surface area contributed by atoms with Crippen LogP contribution in [-0.2, 0) is 25.9 Å². The number of hydrogen-bond donors (Lipinski definition) is 2. The molecule has 0 saturated heterocycles. The van der Waals surface area contributed by atoms with Crippen molar-refractivity contribution in [3.63, 3.8) is 0 Å². The fraction of sp³-hybridized carbons (Fsp3) is 0.556. The standard InChI is InChI=1S/C18H27N7.HI/c1-4-16-23-17-9-8-14(12-25(17)24-16)22-18(19-5-2)21-11-15-13(3)7-6-10-20-15;/h6-7,10,14H,4-5,8-9,11-12H2,1-3H3,(H2,19,21,22);1H. The number of pyridine rings is 1. The second-order valence-corrected chi connectivity index (χ2v) is 6.32. The molecule has 0 radical (unpaired) electrons. The minimum atomic E-state index is 0. The molecule has 2 N–H and O–H groups in total. The van der Waals surface area contributed by atoms with E-state index in [2.05, 4.69) is 52.5 Å². The molecule has 3 rings (SSSR count). The molecule has 1 unspecified atom stereocenters. The van der Waals surface area contributed by atoms with Gasteiger partial charge in [-0.25, -0.2) is 14.7 Å². The van der Waals surface area contributed by atoms with E-state index in [1.54, 1.807) is 0 Å². The predicted octanol–water partition coefficient (Wildman–Crippen LogP) is 2.23. The Balaban J connectivity index is 0.00000243. The number of fused-ring (bicyclic) bond motifs is 1. The van der Waals surface area contributed by atoms with Crippen LogP contribution >= 0.6 is 24.0 Å². The Morgan fingerprint density at radius 3 is 2.96 bits per heavy atom. The number of aromatic nitrogens is 4. The molecular weight excluding hydrogens is 441 g/mol. The molecule has 0 fully saturated rings. The first-order valence-electron chi connectivity index (χ1n) is 9.07. The molecule has 1 aliphatic rings. The van der Waals surface area contributed by atoms with Crippen molar-refractivity contribution in [3.8, 4) is 0 Å². The number of nitrogens with one attached hydrogen (secondary N) is 2. The number of rotatable bonds is 5. The Kier molecular flexibility index (Phi) is 7.80. The Hall–Kier alpha value is -1.71. The van der Waals surface area contributed by atoms with Crippen molar-refractivity contribution in [2.45, 2.75) is 59.2 Å². The van der Waals surface area contributed by atoms with Gasteiger partial charge < -0.3 is 10.6 Å². The third-order valence-corrected chi connectivity index (χ3v) is 4.41. The van der Waals surface area contributed by atoms with Gasteiger partial charge in [-0.2, -0.15) is 5.10 Å². The summed E-state index contributed by atoms with van der Waals surface area (Å²) in [4.78, 5) is 13.7. The first kappa shape index (κ1) is 20.6. The zero-order valence-electron chi connectivity index (χ0n) is 15.7. The Morgan fingerprint density at radius 1 is 1.38 bits per heavy atom. The molecule has 3 heterocycles. The van der Waals surface area contributed by atoms with Crippen molar-refractivity contribution < 1.29 is 0 Å². The van der Waals surface area contributed by atoms with E-state index < -0.39 is 0 Å². The molecular formula is C18H28IN7. The fourth-order valence-corrected chi connectivity index (χ4v) is 2.98. The molecule has 2 aromatic heterocycles. The molecule has 8 heteroatoms. The van der Waals surface area contributed by atoms with E-state index in [0.717, 1.165) is 55.7 Å². The quantitative estimate of drug-likeness (QED) is 0.399. The molecule has 7 nitrogen and oxygen atoms in total. The number of aliphatic imine (C=N–C) groups is 1. The van der Waals surface area contributed by atoms with Gasteiger partial charge >= 0.3 is 0 Å². The van der Waals surface area contributed by atoms with Gasteiger partial charge in [0.1, 0.15) is 5.82 Å². The minimum Gasteiger partial charge on any atom is -0.357 e. The summed E-state index contributed by atoms with van der Waals surface area (Å²) >= 11 is 0. The molecule has 1 aliphatic heterocycles. The highest BCUT2D eigenvalue weighted by Crippen LogP contribution is 2.13. The molecule has 0 amide bonds. The van der Waals surface area contributed by atoms with Crippen LogP contribution in [0.15, 0.2) is 23.3 Å². The Morgan fingerprint density at radius 2 is 2.23 bits per heavy atom. The lowest BCUT2D eigenvalue weighted by molar-refractivity contribution is 0.392. The molecule has 0 spiro atoms. The van der Waals surface area contributed by atoms with E-state index in [4.69, 9.17) is 4.99 Å². The zero-order chi connectivity index (χ0) is 17.6. The van der Waals surface area contributed by atoms with Crippen LogP contribution in [0.5, 0.6) is 0 Å². The van der Waals surface area contributed by atoms with Gasteiger partial charge in [0.05, 0.1) is 18.8 Å². The normalized spacial score (nSPS) is 16.6. The van der Waals surface area contributed by atoms with E-state index in [0.29, 0.717) is 12.6 Å². The largest absolute Gasteiger partial charge is 0.357 e. The molecule has 2 aromatic rings. The summed E-state index contributed by atoms with van der Waals surface area (Å²) in [5, 5.41) is 11.4. The number of nitrogens with zero attached hydrogens (tertiary/aromatic N) is 5. The summed E-state index contributed by atoms with van der Waals surface area (Å²) in [5.41, 5.74) is 2.17. The lowest BCUT2D eigenvalue weighted by atomic mass is 10.1. The maximum Gasteiger partial charge on any atom is 0.191 e. The highest BCUT2D eigenvalue weighted by molar-refractivity contribution is 14.0. The minimum absolute atomic E-state index is 0. The number of aryl methyl sites for hydroxylation is 3. The van der Waals surface area contributed by atoms with Crippen molar-refractivity contribution in [3.05, 3.63) is 41.2 Å². The van der Waals surface area contributed by atoms with Gasteiger partial charge in [-0.15, -0.1) is 24.0 Å². The van der Waals surface area contributed by atoms with Crippen LogP contribution in [0.25, 0.3) is 0 Å². The van der Waals surface area contributed by atoms with Crippen molar-refractivity contribution >= 4 is 29.9 Å². The first-order chi connectivity index (χ1) is 12.2. The van der Waals surface area contributed by atoms with Gasteiger partial charge in [0.2, 0.25) is 0 Å². The first-order valence-corrected chi connectivity index (χ1v) is 9.07. The number of guanidine groups is 1. The molecule has 0 aromatic carbocycles. The SMILES string of the molecule is CCNC(=NCc1ncccc1C)NC1CCc2nc(CC)nn2C1.I. The van der Waals surface area contributed by atoms with E-state index in [1.807, 2.05) is 16.9 Å². The summed E-state index contributed by atoms with van der Waals surface area (Å²) in [7, 11) is 0. The maximum atomic E-state index is 4.70. The van der Waals surface area contributed by atoms with E-state index in [-0.39, 0.29) is 24.0 Å². The molecule has 0 aliphatic carbocycles. The van der Waals surface area contributed by atoms with E-state index >= 15 is 0 Å². The van der Waals surface area contributed by atoms with Gasteiger partial charge in [-0.1, -0.05) is 13.0 Å². The average molecular weight is 469 g/mol. The molecule has 0 bridgehead atoms. The highest BCUT2D eigenvalue weighted by atomic mass is 127. The van der Waals surface area contributed by atoms with Crippen LogP contribution in [-0.4, -0.2) is 38.3 Å². The second kappa shape index (κ2) is 9.84. The van der Waals surface area contributed by atoms with Crippen molar-refractivity contribution in [1.29, 1.82) is 0 Å². The van der Waals surface area contributed by atoms with Gasteiger partial charge in [0.25, 0.3) is 0 Å². The molecule has 0 saturated carbocycles. The van der Waals surface area contributed by atoms with Crippen LogP contribution in [0, 0.1) is 6.92 Å². The highest BCUT2D eigenvalue weighted by Gasteiger charge is 2.22. The van der Waals surface area contributed by atoms with Crippen molar-refractivity contribution in [1.82, 2.24) is 30.4 Å². The van der Waals surface area contributed by atoms with Crippen molar-refractivity contribution in [2.24, 2.45) is 4.99 Å². The van der Waals surface area contributed by atoms with Crippen LogP contribution < -0.4 is 10.6 Å². The molecule has 142 valence electrons. The Labute approximate surface area is 172 Å². The Bertz CT molecular complexity index is 741. The monoisotopic (exact) mass is 469 g/mol. The van der Waals surface area contributed by atoms with Gasteiger partial charge in [0.15, 0.2) is 11.8 Å². The average Bonchev–Trinajstić information content (AvgIpc) is 3.03. The zero-order valence-corrected chi connectivity index (χ0v) is 18.0. The van der Waals surface area contributed by atoms with Crippen LogP contribution in [0.4, 0.5) is 0 Å². The predicted molar refractivity (Wildman–Crippen MR) is 114 cm³/mol. The van der Waals surface area contributed by atoms with Crippen LogP contribution in [0.2, 0.25) is 0 Å². The van der Waals surface area contributed by atoms with Gasteiger partial charge in [-0.3, -0.25) is 4.98 Å². The van der Waals surface area contributed by atoms with Crippen LogP contribution in [0.3, 0.4) is 0 Å². The van der Waals surface area contributed by atoms with E-state index in [9.17, 15) is 0 Å². The lowest BCUT2D eigenvalue weighted by Gasteiger charge is -2.25. The maximum absolute atomic E-state index is 4.70. The summed E-state index contributed by atoms with van der Waals surface area (Å²) in [6, 6.07) is 4.33. The smallest absolute Gasteiger partial charge is 0.191 e. The topological polar surface area (TPSA) is 80.0 Å². The van der Waals surface area contributed by atoms with Gasteiger partial charge in [0, 0.05) is 31.6 Å². The molecule has 26 heavy (non-hydrogen) atoms. The third-order valence-electron chi connectivity index (χ3n) is 4.41. The second-order valence-electron chi connectivity index (χ2n) is 6.32.